The van der Waals surface area contributed by atoms with Gasteiger partial charge >= 0.3 is 0 Å². The molecule has 1 amide bonds. The number of benzene rings is 1. The van der Waals surface area contributed by atoms with Gasteiger partial charge in [0.15, 0.2) is 0 Å². The van der Waals surface area contributed by atoms with Gasteiger partial charge in [0, 0.05) is 25.6 Å². The largest absolute Gasteiger partial charge is 0.381 e. The van der Waals surface area contributed by atoms with Crippen LogP contribution in [0.4, 0.5) is 0 Å². The van der Waals surface area contributed by atoms with E-state index in [0.29, 0.717) is 24.1 Å². The lowest BCUT2D eigenvalue weighted by Crippen LogP contribution is -2.44. The molecule has 1 aromatic carbocycles. The maximum absolute atomic E-state index is 12.9. The molecule has 0 spiro atoms. The van der Waals surface area contributed by atoms with E-state index in [4.69, 9.17) is 4.74 Å². The average molecular weight is 325 g/mol. The second kappa shape index (κ2) is 6.40. The number of amides is 1. The summed E-state index contributed by atoms with van der Waals surface area (Å²) in [6.45, 7) is 1.43. The molecule has 1 N–H and O–H groups in total. The predicted octanol–water partition coefficient (Wildman–Crippen LogP) is 2.93. The van der Waals surface area contributed by atoms with Gasteiger partial charge in [-0.3, -0.25) is 9.89 Å². The molecule has 4 rings (SSSR count). The van der Waals surface area contributed by atoms with Crippen molar-refractivity contribution in [3.63, 3.8) is 0 Å². The summed E-state index contributed by atoms with van der Waals surface area (Å²) in [5.41, 5.74) is 3.01. The lowest BCUT2D eigenvalue weighted by atomic mass is 9.75. The Morgan fingerprint density at radius 3 is 2.75 bits per heavy atom. The molecule has 0 radical (unpaired) electrons. The fourth-order valence-electron chi connectivity index (χ4n) is 3.80. The Balaban J connectivity index is 1.42. The van der Waals surface area contributed by atoms with Gasteiger partial charge < -0.3 is 9.64 Å². The van der Waals surface area contributed by atoms with E-state index in [1.807, 2.05) is 18.0 Å². The molecule has 1 aromatic heterocycles. The molecule has 126 valence electrons. The Labute approximate surface area is 142 Å². The summed E-state index contributed by atoms with van der Waals surface area (Å²) in [5.74, 6) is 0.902. The first-order valence-corrected chi connectivity index (χ1v) is 8.67. The summed E-state index contributed by atoms with van der Waals surface area (Å²) in [7, 11) is 1.91. The molecular weight excluding hydrogens is 302 g/mol. The predicted molar refractivity (Wildman–Crippen MR) is 91.1 cm³/mol. The number of ether oxygens (including phenoxy) is 1. The van der Waals surface area contributed by atoms with Gasteiger partial charge in [-0.25, -0.2) is 0 Å². The lowest BCUT2D eigenvalue weighted by molar-refractivity contribution is 0.0619. The minimum Gasteiger partial charge on any atom is -0.381 e. The van der Waals surface area contributed by atoms with Crippen LogP contribution in [0.15, 0.2) is 36.5 Å². The number of hydrogen-bond donors (Lipinski definition) is 1. The molecule has 1 saturated heterocycles. The van der Waals surface area contributed by atoms with E-state index in [-0.39, 0.29) is 11.8 Å². The number of carbonyl (C=O) groups excluding carboxylic acids is 1. The fraction of sp³-hybridized carbons (Fsp3) is 0.474. The van der Waals surface area contributed by atoms with Crippen molar-refractivity contribution >= 4 is 5.91 Å². The van der Waals surface area contributed by atoms with Crippen LogP contribution >= 0.6 is 0 Å². The average Bonchev–Trinajstić information content (AvgIpc) is 3.24. The van der Waals surface area contributed by atoms with E-state index < -0.39 is 0 Å². The van der Waals surface area contributed by atoms with Crippen LogP contribution < -0.4 is 0 Å². The van der Waals surface area contributed by atoms with Gasteiger partial charge in [0.2, 0.25) is 0 Å². The lowest BCUT2D eigenvalue weighted by Gasteiger charge is -2.41. The SMILES string of the molecule is CN(C(=O)c1cn[nH]c1C1CCOC1)C1CC(c2ccccc2)C1. The Hall–Kier alpha value is -2.14. The van der Waals surface area contributed by atoms with Crippen LogP contribution in [0.3, 0.4) is 0 Å². The minimum absolute atomic E-state index is 0.0714. The highest BCUT2D eigenvalue weighted by Gasteiger charge is 2.36. The van der Waals surface area contributed by atoms with Gasteiger partial charge in [0.05, 0.1) is 24.1 Å². The number of carbonyl (C=O) groups is 1. The Morgan fingerprint density at radius 2 is 2.04 bits per heavy atom. The Kier molecular flexibility index (Phi) is 4.10. The van der Waals surface area contributed by atoms with Crippen LogP contribution in [-0.4, -0.2) is 47.3 Å². The minimum atomic E-state index is 0.0714. The third kappa shape index (κ3) is 2.73. The third-order valence-electron chi connectivity index (χ3n) is 5.49. The summed E-state index contributed by atoms with van der Waals surface area (Å²) in [5, 5.41) is 7.12. The van der Waals surface area contributed by atoms with E-state index in [2.05, 4.69) is 34.5 Å². The summed E-state index contributed by atoms with van der Waals surface area (Å²) in [6, 6.07) is 10.9. The van der Waals surface area contributed by atoms with Gasteiger partial charge in [0.25, 0.3) is 5.91 Å². The number of hydrogen-bond acceptors (Lipinski definition) is 3. The number of H-pyrrole nitrogens is 1. The molecule has 1 aliphatic heterocycles. The molecule has 2 heterocycles. The van der Waals surface area contributed by atoms with Gasteiger partial charge in [0.1, 0.15) is 0 Å². The standard InChI is InChI=1S/C19H23N3O2/c1-22(16-9-15(10-16)13-5-3-2-4-6-13)19(23)17-11-20-21-18(17)14-7-8-24-12-14/h2-6,11,14-16H,7-10,12H2,1H3,(H,20,21). The van der Waals surface area contributed by atoms with E-state index in [1.165, 1.54) is 5.56 Å². The molecule has 2 fully saturated rings. The Bertz CT molecular complexity index is 700. The van der Waals surface area contributed by atoms with Crippen molar-refractivity contribution in [2.24, 2.45) is 0 Å². The van der Waals surface area contributed by atoms with Crippen molar-refractivity contribution in [1.29, 1.82) is 0 Å². The van der Waals surface area contributed by atoms with Crippen molar-refractivity contribution in [3.05, 3.63) is 53.3 Å². The normalized spacial score (nSPS) is 26.1. The summed E-state index contributed by atoms with van der Waals surface area (Å²) < 4.78 is 5.45. The number of aromatic nitrogens is 2. The second-order valence-corrected chi connectivity index (χ2v) is 6.91. The Morgan fingerprint density at radius 1 is 1.25 bits per heavy atom. The molecule has 2 aliphatic rings. The molecule has 1 atom stereocenters. The van der Waals surface area contributed by atoms with Gasteiger partial charge in [-0.1, -0.05) is 30.3 Å². The molecule has 24 heavy (non-hydrogen) atoms. The van der Waals surface area contributed by atoms with Crippen LogP contribution in [0, 0.1) is 0 Å². The van der Waals surface area contributed by atoms with Gasteiger partial charge in [-0.2, -0.15) is 5.10 Å². The molecule has 2 aromatic rings. The highest BCUT2D eigenvalue weighted by molar-refractivity contribution is 5.95. The number of rotatable bonds is 4. The molecule has 5 heteroatoms. The van der Waals surface area contributed by atoms with Crippen molar-refractivity contribution in [1.82, 2.24) is 15.1 Å². The van der Waals surface area contributed by atoms with Gasteiger partial charge in [-0.15, -0.1) is 0 Å². The summed E-state index contributed by atoms with van der Waals surface area (Å²) in [6.07, 6.45) is 4.68. The zero-order chi connectivity index (χ0) is 16.5. The fourth-order valence-corrected chi connectivity index (χ4v) is 3.80. The molecule has 5 nitrogen and oxygen atoms in total. The first-order chi connectivity index (χ1) is 11.7. The van der Waals surface area contributed by atoms with Gasteiger partial charge in [-0.05, 0) is 30.7 Å². The van der Waals surface area contributed by atoms with E-state index >= 15 is 0 Å². The van der Waals surface area contributed by atoms with Crippen LogP contribution in [0.25, 0.3) is 0 Å². The first kappa shape index (κ1) is 15.4. The van der Waals surface area contributed by atoms with Crippen molar-refractivity contribution in [2.75, 3.05) is 20.3 Å². The summed E-state index contributed by atoms with van der Waals surface area (Å²) >= 11 is 0. The first-order valence-electron chi connectivity index (χ1n) is 8.67. The van der Waals surface area contributed by atoms with Crippen molar-refractivity contribution in [2.45, 2.75) is 37.1 Å². The molecule has 1 aliphatic carbocycles. The smallest absolute Gasteiger partial charge is 0.257 e. The highest BCUT2D eigenvalue weighted by atomic mass is 16.5. The maximum Gasteiger partial charge on any atom is 0.257 e. The van der Waals surface area contributed by atoms with Crippen LogP contribution in [0.2, 0.25) is 0 Å². The quantitative estimate of drug-likeness (QED) is 0.940. The van der Waals surface area contributed by atoms with Crippen molar-refractivity contribution in [3.8, 4) is 0 Å². The zero-order valence-corrected chi connectivity index (χ0v) is 13.9. The van der Waals surface area contributed by atoms with E-state index in [1.54, 1.807) is 6.20 Å². The summed E-state index contributed by atoms with van der Waals surface area (Å²) in [4.78, 5) is 14.8. The maximum atomic E-state index is 12.9. The number of aromatic amines is 1. The molecule has 1 unspecified atom stereocenters. The molecule has 1 saturated carbocycles. The highest BCUT2D eigenvalue weighted by Crippen LogP contribution is 2.40. The molecular formula is C19H23N3O2. The van der Waals surface area contributed by atoms with Crippen molar-refractivity contribution < 1.29 is 9.53 Å². The zero-order valence-electron chi connectivity index (χ0n) is 13.9. The monoisotopic (exact) mass is 325 g/mol. The van der Waals surface area contributed by atoms with Crippen LogP contribution in [0.1, 0.15) is 52.7 Å². The molecule has 0 bridgehead atoms. The second-order valence-electron chi connectivity index (χ2n) is 6.91. The van der Waals surface area contributed by atoms with E-state index in [9.17, 15) is 4.79 Å². The number of nitrogens with zero attached hydrogens (tertiary/aromatic N) is 2. The van der Waals surface area contributed by atoms with Crippen LogP contribution in [0.5, 0.6) is 0 Å². The van der Waals surface area contributed by atoms with Crippen LogP contribution in [-0.2, 0) is 4.74 Å². The topological polar surface area (TPSA) is 58.2 Å². The number of nitrogens with one attached hydrogen (secondary N) is 1. The third-order valence-corrected chi connectivity index (χ3v) is 5.49. The van der Waals surface area contributed by atoms with E-state index in [0.717, 1.165) is 31.6 Å².